The number of unbranched alkanes of at least 4 members (excludes halogenated alkanes) is 1. The Bertz CT molecular complexity index is 626. The smallest absolute Gasteiger partial charge is 0.173 e. The van der Waals surface area contributed by atoms with E-state index in [1.807, 2.05) is 24.6 Å². The second-order valence-electron chi connectivity index (χ2n) is 5.96. The van der Waals surface area contributed by atoms with Crippen molar-refractivity contribution in [3.63, 3.8) is 0 Å². The molecule has 0 aliphatic rings. The van der Waals surface area contributed by atoms with Gasteiger partial charge in [-0.3, -0.25) is 10.3 Å². The van der Waals surface area contributed by atoms with E-state index in [-0.39, 0.29) is 6.29 Å². The molecule has 4 heteroatoms. The van der Waals surface area contributed by atoms with Crippen LogP contribution in [0.1, 0.15) is 34.4 Å². The lowest BCUT2D eigenvalue weighted by atomic mass is 10.1. The summed E-state index contributed by atoms with van der Waals surface area (Å²) in [7, 11) is 1.92. The quantitative estimate of drug-likeness (QED) is 0.419. The number of hydrogen-bond acceptors (Lipinski definition) is 4. The molecule has 23 heavy (non-hydrogen) atoms. The third kappa shape index (κ3) is 5.81. The summed E-state index contributed by atoms with van der Waals surface area (Å²) in [6, 6.07) is 8.66. The van der Waals surface area contributed by atoms with Crippen LogP contribution in [-0.2, 0) is 6.42 Å². The molecule has 2 rings (SSSR count). The van der Waals surface area contributed by atoms with Crippen LogP contribution >= 0.6 is 11.3 Å². The Labute approximate surface area is 143 Å². The zero-order valence-corrected chi connectivity index (χ0v) is 15.3. The van der Waals surface area contributed by atoms with Gasteiger partial charge in [-0.25, -0.2) is 0 Å². The first kappa shape index (κ1) is 17.7. The van der Waals surface area contributed by atoms with Gasteiger partial charge in [0.2, 0.25) is 0 Å². The predicted octanol–water partition coefficient (Wildman–Crippen LogP) is 4.68. The molecule has 0 saturated heterocycles. The van der Waals surface area contributed by atoms with Crippen LogP contribution in [0.15, 0.2) is 34.6 Å². The maximum atomic E-state index is 4.59. The molecule has 0 bridgehead atoms. The van der Waals surface area contributed by atoms with Gasteiger partial charge in [0.05, 0.1) is 0 Å². The molecule has 1 unspecified atom stereocenters. The summed E-state index contributed by atoms with van der Waals surface area (Å²) in [6.07, 6.45) is 5.23. The summed E-state index contributed by atoms with van der Waals surface area (Å²) in [5.41, 5.74) is 5.04. The van der Waals surface area contributed by atoms with Crippen LogP contribution in [0, 0.1) is 20.8 Å². The third-order valence-electron chi connectivity index (χ3n) is 3.76. The molecule has 3 nitrogen and oxygen atoms in total. The van der Waals surface area contributed by atoms with E-state index in [1.54, 1.807) is 0 Å². The summed E-state index contributed by atoms with van der Waals surface area (Å²) in [5, 5.41) is 8.78. The van der Waals surface area contributed by atoms with Crippen molar-refractivity contribution in [1.82, 2.24) is 5.32 Å². The van der Waals surface area contributed by atoms with Crippen LogP contribution < -0.4 is 10.6 Å². The molecule has 0 saturated carbocycles. The fourth-order valence-corrected chi connectivity index (χ4v) is 3.55. The van der Waals surface area contributed by atoms with E-state index in [0.717, 1.165) is 24.9 Å². The van der Waals surface area contributed by atoms with Crippen LogP contribution in [0.25, 0.3) is 0 Å². The highest BCUT2D eigenvalue weighted by molar-refractivity contribution is 7.10. The number of aryl methyl sites for hydroxylation is 4. The number of hydrogen-bond donors (Lipinski definition) is 2. The molecule has 0 fully saturated rings. The van der Waals surface area contributed by atoms with E-state index in [0.29, 0.717) is 0 Å². The number of nitrogens with zero attached hydrogens (tertiary/aromatic N) is 1. The molecule has 1 aromatic heterocycles. The standard InChI is InChI=1S/C19H27N3S/c1-14-11-15(2)13-17(12-14)22-19(20-4)21-9-6-5-7-18-16(3)8-10-23-18/h8-13,19-20,22H,5-7H2,1-4H3. The Balaban J connectivity index is 1.80. The molecule has 0 aliphatic heterocycles. The molecule has 2 aromatic rings. The molecule has 124 valence electrons. The van der Waals surface area contributed by atoms with E-state index >= 15 is 0 Å². The molecular formula is C19H27N3S. The number of rotatable bonds is 8. The van der Waals surface area contributed by atoms with Crippen molar-refractivity contribution in [1.29, 1.82) is 0 Å². The summed E-state index contributed by atoms with van der Waals surface area (Å²) in [6.45, 7) is 6.41. The van der Waals surface area contributed by atoms with Crippen molar-refractivity contribution < 1.29 is 0 Å². The number of aliphatic imine (C=N–C) groups is 1. The van der Waals surface area contributed by atoms with Crippen molar-refractivity contribution in [2.75, 3.05) is 12.4 Å². The average molecular weight is 330 g/mol. The summed E-state index contributed by atoms with van der Waals surface area (Å²) in [4.78, 5) is 6.09. The SMILES string of the molecule is CNC(N=CCCCc1sccc1C)Nc1cc(C)cc(C)c1. The van der Waals surface area contributed by atoms with E-state index in [1.165, 1.54) is 21.6 Å². The Morgan fingerprint density at radius 1 is 1.17 bits per heavy atom. The van der Waals surface area contributed by atoms with Crippen molar-refractivity contribution in [3.8, 4) is 0 Å². The van der Waals surface area contributed by atoms with Crippen LogP contribution in [0.2, 0.25) is 0 Å². The van der Waals surface area contributed by atoms with Crippen molar-refractivity contribution >= 4 is 23.2 Å². The monoisotopic (exact) mass is 329 g/mol. The highest BCUT2D eigenvalue weighted by Gasteiger charge is 2.03. The van der Waals surface area contributed by atoms with Gasteiger partial charge >= 0.3 is 0 Å². The highest BCUT2D eigenvalue weighted by Crippen LogP contribution is 2.18. The Morgan fingerprint density at radius 3 is 2.52 bits per heavy atom. The van der Waals surface area contributed by atoms with E-state index in [4.69, 9.17) is 0 Å². The third-order valence-corrected chi connectivity index (χ3v) is 4.84. The molecule has 0 aliphatic carbocycles. The van der Waals surface area contributed by atoms with Gasteiger partial charge in [0.25, 0.3) is 0 Å². The number of benzene rings is 1. The first-order chi connectivity index (χ1) is 11.1. The average Bonchev–Trinajstić information content (AvgIpc) is 2.90. The minimum atomic E-state index is -0.0836. The van der Waals surface area contributed by atoms with Gasteiger partial charge in [-0.1, -0.05) is 6.07 Å². The van der Waals surface area contributed by atoms with Gasteiger partial charge in [0, 0.05) is 16.8 Å². The number of thiophene rings is 1. The minimum Gasteiger partial charge on any atom is -0.352 e. The van der Waals surface area contributed by atoms with Crippen LogP contribution in [0.5, 0.6) is 0 Å². The van der Waals surface area contributed by atoms with Crippen molar-refractivity contribution in [2.45, 2.75) is 46.3 Å². The lowest BCUT2D eigenvalue weighted by molar-refractivity contribution is 0.655. The highest BCUT2D eigenvalue weighted by atomic mass is 32.1. The fraction of sp³-hybridized carbons (Fsp3) is 0.421. The zero-order valence-electron chi connectivity index (χ0n) is 14.5. The molecule has 1 heterocycles. The lowest BCUT2D eigenvalue weighted by Gasteiger charge is -2.16. The van der Waals surface area contributed by atoms with Gasteiger partial charge in [-0.05, 0) is 87.4 Å². The molecule has 0 radical (unpaired) electrons. The first-order valence-corrected chi connectivity index (χ1v) is 9.03. The fourth-order valence-electron chi connectivity index (χ4n) is 2.59. The summed E-state index contributed by atoms with van der Waals surface area (Å²) in [5.74, 6) is 0. The largest absolute Gasteiger partial charge is 0.352 e. The zero-order chi connectivity index (χ0) is 16.7. The van der Waals surface area contributed by atoms with Crippen molar-refractivity contribution in [3.05, 3.63) is 51.2 Å². The second-order valence-corrected chi connectivity index (χ2v) is 6.96. The Hall–Kier alpha value is -1.65. The number of anilines is 1. The van der Waals surface area contributed by atoms with E-state index < -0.39 is 0 Å². The molecule has 1 atom stereocenters. The lowest BCUT2D eigenvalue weighted by Crippen LogP contribution is -2.31. The van der Waals surface area contributed by atoms with E-state index in [2.05, 4.69) is 66.0 Å². The molecule has 1 aromatic carbocycles. The van der Waals surface area contributed by atoms with E-state index in [9.17, 15) is 0 Å². The van der Waals surface area contributed by atoms with Crippen LogP contribution in [0.3, 0.4) is 0 Å². The predicted molar refractivity (Wildman–Crippen MR) is 103 cm³/mol. The summed E-state index contributed by atoms with van der Waals surface area (Å²) >= 11 is 1.85. The van der Waals surface area contributed by atoms with Crippen LogP contribution in [-0.4, -0.2) is 19.6 Å². The van der Waals surface area contributed by atoms with Crippen molar-refractivity contribution in [2.24, 2.45) is 4.99 Å². The minimum absolute atomic E-state index is 0.0836. The normalized spacial score (nSPS) is 12.7. The maximum Gasteiger partial charge on any atom is 0.173 e. The number of nitrogens with one attached hydrogen (secondary N) is 2. The van der Waals surface area contributed by atoms with Gasteiger partial charge < -0.3 is 5.32 Å². The Kier molecular flexibility index (Phi) is 6.81. The molecule has 0 spiro atoms. The van der Waals surface area contributed by atoms with Gasteiger partial charge in [0.1, 0.15) is 0 Å². The van der Waals surface area contributed by atoms with Gasteiger partial charge in [-0.15, -0.1) is 11.3 Å². The van der Waals surface area contributed by atoms with Gasteiger partial charge in [-0.2, -0.15) is 0 Å². The molecule has 0 amide bonds. The first-order valence-electron chi connectivity index (χ1n) is 8.15. The van der Waals surface area contributed by atoms with Gasteiger partial charge in [0.15, 0.2) is 6.29 Å². The molecule has 2 N–H and O–H groups in total. The molecular weight excluding hydrogens is 302 g/mol. The summed E-state index contributed by atoms with van der Waals surface area (Å²) < 4.78 is 0. The maximum absolute atomic E-state index is 4.59. The van der Waals surface area contributed by atoms with Crippen LogP contribution in [0.4, 0.5) is 5.69 Å². The topological polar surface area (TPSA) is 36.4 Å². The Morgan fingerprint density at radius 2 is 1.91 bits per heavy atom. The second kappa shape index (κ2) is 8.85.